The zero-order valence-electron chi connectivity index (χ0n) is 9.90. The van der Waals surface area contributed by atoms with E-state index in [1.807, 2.05) is 0 Å². The van der Waals surface area contributed by atoms with E-state index in [1.165, 1.54) is 0 Å². The molecule has 0 unspecified atom stereocenters. The summed E-state index contributed by atoms with van der Waals surface area (Å²) >= 11 is 0. The van der Waals surface area contributed by atoms with Gasteiger partial charge in [-0.25, -0.2) is 9.97 Å². The van der Waals surface area contributed by atoms with E-state index in [0.29, 0.717) is 6.04 Å². The van der Waals surface area contributed by atoms with Gasteiger partial charge in [-0.05, 0) is 13.8 Å². The van der Waals surface area contributed by atoms with E-state index in [-0.39, 0.29) is 0 Å². The summed E-state index contributed by atoms with van der Waals surface area (Å²) in [6.45, 7) is 8.22. The minimum Gasteiger partial charge on any atom is -0.365 e. The molecule has 2 N–H and O–H groups in total. The van der Waals surface area contributed by atoms with Crippen molar-refractivity contribution in [3.8, 4) is 0 Å². The van der Waals surface area contributed by atoms with E-state index in [9.17, 15) is 0 Å². The van der Waals surface area contributed by atoms with Gasteiger partial charge in [-0.1, -0.05) is 0 Å². The van der Waals surface area contributed by atoms with Crippen LogP contribution in [-0.2, 0) is 0 Å². The van der Waals surface area contributed by atoms with Gasteiger partial charge in [0.25, 0.3) is 0 Å². The van der Waals surface area contributed by atoms with E-state index in [1.54, 1.807) is 12.4 Å². The Balaban J connectivity index is 2.17. The second-order valence-corrected chi connectivity index (χ2v) is 4.26. The third-order valence-electron chi connectivity index (χ3n) is 2.52. The molecule has 1 aliphatic heterocycles. The summed E-state index contributed by atoms with van der Waals surface area (Å²) in [5, 5.41) is 6.67. The Morgan fingerprint density at radius 3 is 2.62 bits per heavy atom. The van der Waals surface area contributed by atoms with Crippen molar-refractivity contribution in [3.05, 3.63) is 12.4 Å². The highest BCUT2D eigenvalue weighted by molar-refractivity contribution is 5.61. The molecule has 5 nitrogen and oxygen atoms in total. The van der Waals surface area contributed by atoms with Crippen LogP contribution in [0.1, 0.15) is 13.8 Å². The van der Waals surface area contributed by atoms with E-state index in [4.69, 9.17) is 0 Å². The molecule has 16 heavy (non-hydrogen) atoms. The van der Waals surface area contributed by atoms with Crippen LogP contribution in [0.3, 0.4) is 0 Å². The molecule has 0 radical (unpaired) electrons. The van der Waals surface area contributed by atoms with Gasteiger partial charge in [0.15, 0.2) is 11.6 Å². The first-order valence-corrected chi connectivity index (χ1v) is 5.80. The lowest BCUT2D eigenvalue weighted by atomic mass is 10.3. The molecule has 2 rings (SSSR count). The van der Waals surface area contributed by atoms with Gasteiger partial charge < -0.3 is 15.5 Å². The third-order valence-corrected chi connectivity index (χ3v) is 2.52. The molecule has 1 aromatic rings. The topological polar surface area (TPSA) is 53.1 Å². The summed E-state index contributed by atoms with van der Waals surface area (Å²) < 4.78 is 0. The van der Waals surface area contributed by atoms with E-state index < -0.39 is 0 Å². The summed E-state index contributed by atoms with van der Waals surface area (Å²) in [4.78, 5) is 11.1. The number of anilines is 2. The van der Waals surface area contributed by atoms with Crippen molar-refractivity contribution in [1.29, 1.82) is 0 Å². The summed E-state index contributed by atoms with van der Waals surface area (Å²) in [5.74, 6) is 1.86. The number of piperazine rings is 1. The molecule has 1 saturated heterocycles. The molecular weight excluding hydrogens is 202 g/mol. The van der Waals surface area contributed by atoms with E-state index in [2.05, 4.69) is 39.3 Å². The van der Waals surface area contributed by atoms with Crippen LogP contribution >= 0.6 is 0 Å². The standard InChI is InChI=1S/C11H19N5/c1-9(2)15-10-11(14-4-3-13-10)16-7-5-12-6-8-16/h3-4,9,12H,5-8H2,1-2H3,(H,13,15). The maximum absolute atomic E-state index is 4.43. The maximum Gasteiger partial charge on any atom is 0.171 e. The van der Waals surface area contributed by atoms with Crippen LogP contribution in [0.2, 0.25) is 0 Å². The van der Waals surface area contributed by atoms with E-state index in [0.717, 1.165) is 37.8 Å². The maximum atomic E-state index is 4.43. The Kier molecular flexibility index (Phi) is 3.56. The SMILES string of the molecule is CC(C)Nc1nccnc1N1CCNCC1. The molecule has 0 saturated carbocycles. The molecule has 0 aromatic carbocycles. The first kappa shape index (κ1) is 11.1. The van der Waals surface area contributed by atoms with Crippen molar-refractivity contribution in [2.24, 2.45) is 0 Å². The number of nitrogens with zero attached hydrogens (tertiary/aromatic N) is 3. The van der Waals surface area contributed by atoms with Crippen LogP contribution in [0, 0.1) is 0 Å². The zero-order valence-corrected chi connectivity index (χ0v) is 9.90. The second-order valence-electron chi connectivity index (χ2n) is 4.26. The van der Waals surface area contributed by atoms with Crippen LogP contribution in [0.5, 0.6) is 0 Å². The smallest absolute Gasteiger partial charge is 0.171 e. The molecule has 2 heterocycles. The Labute approximate surface area is 96.3 Å². The third kappa shape index (κ3) is 2.61. The number of aromatic nitrogens is 2. The van der Waals surface area contributed by atoms with Crippen molar-refractivity contribution in [2.75, 3.05) is 36.4 Å². The highest BCUT2D eigenvalue weighted by atomic mass is 15.3. The van der Waals surface area contributed by atoms with Crippen molar-refractivity contribution in [3.63, 3.8) is 0 Å². The fourth-order valence-electron chi connectivity index (χ4n) is 1.81. The Bertz CT molecular complexity index is 333. The molecule has 0 aliphatic carbocycles. The molecule has 1 aliphatic rings. The van der Waals surface area contributed by atoms with Gasteiger partial charge in [0.1, 0.15) is 0 Å². The molecule has 1 fully saturated rings. The van der Waals surface area contributed by atoms with Gasteiger partial charge >= 0.3 is 0 Å². The van der Waals surface area contributed by atoms with E-state index >= 15 is 0 Å². The normalized spacial score (nSPS) is 16.6. The number of hydrogen-bond acceptors (Lipinski definition) is 5. The Morgan fingerprint density at radius 1 is 1.25 bits per heavy atom. The fraction of sp³-hybridized carbons (Fsp3) is 0.636. The van der Waals surface area contributed by atoms with Gasteiger partial charge in [-0.15, -0.1) is 0 Å². The van der Waals surface area contributed by atoms with Crippen LogP contribution in [0.15, 0.2) is 12.4 Å². The highest BCUT2D eigenvalue weighted by Gasteiger charge is 2.16. The fourth-order valence-corrected chi connectivity index (χ4v) is 1.81. The predicted octanol–water partition coefficient (Wildman–Crippen LogP) is 0.706. The molecule has 5 heteroatoms. The van der Waals surface area contributed by atoms with Crippen molar-refractivity contribution >= 4 is 11.6 Å². The molecule has 1 aromatic heterocycles. The van der Waals surface area contributed by atoms with Crippen molar-refractivity contribution < 1.29 is 0 Å². The van der Waals surface area contributed by atoms with Gasteiger partial charge in [0, 0.05) is 44.6 Å². The lowest BCUT2D eigenvalue weighted by Gasteiger charge is -2.29. The van der Waals surface area contributed by atoms with Crippen LogP contribution in [0.25, 0.3) is 0 Å². The van der Waals surface area contributed by atoms with Gasteiger partial charge in [0.2, 0.25) is 0 Å². The number of hydrogen-bond donors (Lipinski definition) is 2. The second kappa shape index (κ2) is 5.12. The molecule has 88 valence electrons. The minimum atomic E-state index is 0.373. The summed E-state index contributed by atoms with van der Waals surface area (Å²) in [6, 6.07) is 0.373. The van der Waals surface area contributed by atoms with Crippen molar-refractivity contribution in [1.82, 2.24) is 15.3 Å². The largest absolute Gasteiger partial charge is 0.365 e. The van der Waals surface area contributed by atoms with Crippen LogP contribution < -0.4 is 15.5 Å². The number of nitrogens with one attached hydrogen (secondary N) is 2. The quantitative estimate of drug-likeness (QED) is 0.787. The first-order valence-electron chi connectivity index (χ1n) is 5.80. The minimum absolute atomic E-state index is 0.373. The summed E-state index contributed by atoms with van der Waals surface area (Å²) in [7, 11) is 0. The summed E-state index contributed by atoms with van der Waals surface area (Å²) in [6.07, 6.45) is 3.49. The lowest BCUT2D eigenvalue weighted by Crippen LogP contribution is -2.44. The van der Waals surface area contributed by atoms with Gasteiger partial charge in [0.05, 0.1) is 0 Å². The average molecular weight is 221 g/mol. The van der Waals surface area contributed by atoms with Crippen LogP contribution in [-0.4, -0.2) is 42.2 Å². The predicted molar refractivity (Wildman–Crippen MR) is 65.9 cm³/mol. The summed E-state index contributed by atoms with van der Waals surface area (Å²) in [5.41, 5.74) is 0. The molecule has 0 bridgehead atoms. The number of rotatable bonds is 3. The monoisotopic (exact) mass is 221 g/mol. The van der Waals surface area contributed by atoms with Gasteiger partial charge in [-0.3, -0.25) is 0 Å². The molecule has 0 amide bonds. The molecular formula is C11H19N5. The average Bonchev–Trinajstić information content (AvgIpc) is 2.30. The zero-order chi connectivity index (χ0) is 11.4. The molecule has 0 atom stereocenters. The first-order chi connectivity index (χ1) is 7.77. The Morgan fingerprint density at radius 2 is 1.94 bits per heavy atom. The lowest BCUT2D eigenvalue weighted by molar-refractivity contribution is 0.584. The van der Waals surface area contributed by atoms with Crippen molar-refractivity contribution in [2.45, 2.75) is 19.9 Å². The Hall–Kier alpha value is -1.36. The van der Waals surface area contributed by atoms with Crippen LogP contribution in [0.4, 0.5) is 11.6 Å². The van der Waals surface area contributed by atoms with Gasteiger partial charge in [-0.2, -0.15) is 0 Å². The highest BCUT2D eigenvalue weighted by Crippen LogP contribution is 2.20. The molecule has 0 spiro atoms.